The van der Waals surface area contributed by atoms with Crippen molar-refractivity contribution in [3.05, 3.63) is 17.0 Å². The molecule has 18 heavy (non-hydrogen) atoms. The van der Waals surface area contributed by atoms with Gasteiger partial charge in [0, 0.05) is 25.1 Å². The number of likely N-dealkylation sites (tertiary alicyclic amines) is 1. The van der Waals surface area contributed by atoms with Crippen LogP contribution in [0.3, 0.4) is 0 Å². The molecule has 1 aromatic heterocycles. The molecule has 6 heteroatoms. The van der Waals surface area contributed by atoms with Crippen molar-refractivity contribution in [2.24, 2.45) is 0 Å². The summed E-state index contributed by atoms with van der Waals surface area (Å²) in [4.78, 5) is 13.6. The van der Waals surface area contributed by atoms with Crippen LogP contribution in [0.2, 0.25) is 0 Å². The molecule has 0 radical (unpaired) electrons. The van der Waals surface area contributed by atoms with E-state index in [-0.39, 0.29) is 5.97 Å². The summed E-state index contributed by atoms with van der Waals surface area (Å²) >= 11 is 0. The molecule has 6 nitrogen and oxygen atoms in total. The molecular formula is C12H18N2O4. The van der Waals surface area contributed by atoms with Gasteiger partial charge in [-0.3, -0.25) is 9.69 Å². The summed E-state index contributed by atoms with van der Waals surface area (Å²) in [6.45, 7) is 4.71. The van der Waals surface area contributed by atoms with Crippen molar-refractivity contribution in [1.82, 2.24) is 10.1 Å². The molecule has 2 unspecified atom stereocenters. The average Bonchev–Trinajstić information content (AvgIpc) is 2.86. The van der Waals surface area contributed by atoms with Gasteiger partial charge in [-0.25, -0.2) is 0 Å². The smallest absolute Gasteiger partial charge is 0.323 e. The Labute approximate surface area is 106 Å². The number of aryl methyl sites for hydroxylation is 2. The zero-order valence-electron chi connectivity index (χ0n) is 10.8. The SMILES string of the molecule is COC(=O)C1CC(O)CN1Cc1c(C)noc1C. The Morgan fingerprint density at radius 3 is 2.89 bits per heavy atom. The molecular weight excluding hydrogens is 236 g/mol. The van der Waals surface area contributed by atoms with Crippen LogP contribution in [-0.4, -0.2) is 46.9 Å². The van der Waals surface area contributed by atoms with Gasteiger partial charge in [-0.15, -0.1) is 0 Å². The Morgan fingerprint density at radius 2 is 2.33 bits per heavy atom. The molecule has 1 aromatic rings. The van der Waals surface area contributed by atoms with Crippen LogP contribution in [0, 0.1) is 13.8 Å². The highest BCUT2D eigenvalue weighted by Crippen LogP contribution is 2.24. The first-order chi connectivity index (χ1) is 8.52. The Hall–Kier alpha value is -1.40. The lowest BCUT2D eigenvalue weighted by Gasteiger charge is -2.21. The predicted octanol–water partition coefficient (Wildman–Crippen LogP) is 0.400. The molecule has 2 heterocycles. The molecule has 1 aliphatic rings. The molecule has 2 atom stereocenters. The van der Waals surface area contributed by atoms with Crippen LogP contribution in [-0.2, 0) is 16.1 Å². The fourth-order valence-electron chi connectivity index (χ4n) is 2.37. The third kappa shape index (κ3) is 2.39. The molecule has 0 saturated carbocycles. The van der Waals surface area contributed by atoms with E-state index in [1.54, 1.807) is 0 Å². The van der Waals surface area contributed by atoms with Crippen molar-refractivity contribution >= 4 is 5.97 Å². The lowest BCUT2D eigenvalue weighted by molar-refractivity contribution is -0.146. The van der Waals surface area contributed by atoms with Gasteiger partial charge >= 0.3 is 5.97 Å². The minimum absolute atomic E-state index is 0.307. The van der Waals surface area contributed by atoms with E-state index in [2.05, 4.69) is 5.16 Å². The molecule has 1 saturated heterocycles. The van der Waals surface area contributed by atoms with E-state index in [4.69, 9.17) is 9.26 Å². The number of carbonyl (C=O) groups is 1. The highest BCUT2D eigenvalue weighted by Gasteiger charge is 2.37. The molecule has 1 fully saturated rings. The number of aromatic nitrogens is 1. The lowest BCUT2D eigenvalue weighted by atomic mass is 10.1. The fraction of sp³-hybridized carbons (Fsp3) is 0.667. The van der Waals surface area contributed by atoms with Crippen LogP contribution in [0.15, 0.2) is 4.52 Å². The molecule has 100 valence electrons. The van der Waals surface area contributed by atoms with Gasteiger partial charge in [-0.1, -0.05) is 5.16 Å². The number of aliphatic hydroxyl groups is 1. The largest absolute Gasteiger partial charge is 0.468 e. The third-order valence-corrected chi connectivity index (χ3v) is 3.40. The zero-order valence-corrected chi connectivity index (χ0v) is 10.8. The number of carbonyl (C=O) groups excluding carboxylic acids is 1. The lowest BCUT2D eigenvalue weighted by Crippen LogP contribution is -2.36. The van der Waals surface area contributed by atoms with Crippen molar-refractivity contribution in [1.29, 1.82) is 0 Å². The number of ether oxygens (including phenoxy) is 1. The molecule has 0 bridgehead atoms. The average molecular weight is 254 g/mol. The monoisotopic (exact) mass is 254 g/mol. The minimum atomic E-state index is -0.491. The number of aliphatic hydroxyl groups excluding tert-OH is 1. The van der Waals surface area contributed by atoms with E-state index >= 15 is 0 Å². The second-order valence-electron chi connectivity index (χ2n) is 4.66. The summed E-state index contributed by atoms with van der Waals surface area (Å²) in [5, 5.41) is 13.6. The Balaban J connectivity index is 2.14. The topological polar surface area (TPSA) is 75.8 Å². The first-order valence-corrected chi connectivity index (χ1v) is 5.94. The number of rotatable bonds is 3. The molecule has 0 aliphatic carbocycles. The molecule has 0 aromatic carbocycles. The summed E-state index contributed by atoms with van der Waals surface area (Å²) in [5.74, 6) is 0.441. The molecule has 2 rings (SSSR count). The van der Waals surface area contributed by atoms with E-state index in [9.17, 15) is 9.90 Å². The van der Waals surface area contributed by atoms with Crippen molar-refractivity contribution in [3.8, 4) is 0 Å². The quantitative estimate of drug-likeness (QED) is 0.787. The van der Waals surface area contributed by atoms with Gasteiger partial charge in [0.1, 0.15) is 11.8 Å². The molecule has 1 aliphatic heterocycles. The molecule has 0 spiro atoms. The van der Waals surface area contributed by atoms with Crippen molar-refractivity contribution in [2.75, 3.05) is 13.7 Å². The van der Waals surface area contributed by atoms with Gasteiger partial charge in [0.05, 0.1) is 18.9 Å². The number of methoxy groups -OCH3 is 1. The van der Waals surface area contributed by atoms with Crippen LogP contribution in [0.5, 0.6) is 0 Å². The zero-order chi connectivity index (χ0) is 13.3. The van der Waals surface area contributed by atoms with Gasteiger partial charge in [0.25, 0.3) is 0 Å². The van der Waals surface area contributed by atoms with Crippen LogP contribution in [0.1, 0.15) is 23.4 Å². The predicted molar refractivity (Wildman–Crippen MR) is 62.8 cm³/mol. The second-order valence-corrected chi connectivity index (χ2v) is 4.66. The summed E-state index contributed by atoms with van der Waals surface area (Å²) in [5.41, 5.74) is 1.79. The number of nitrogens with zero attached hydrogens (tertiary/aromatic N) is 2. The van der Waals surface area contributed by atoms with E-state index in [0.717, 1.165) is 17.0 Å². The molecule has 1 N–H and O–H groups in total. The molecule has 0 amide bonds. The number of β-amino-alcohol motifs (C(OH)–C–C–N with tert-alkyl or cyclic N) is 1. The fourth-order valence-corrected chi connectivity index (χ4v) is 2.37. The van der Waals surface area contributed by atoms with Gasteiger partial charge in [0.2, 0.25) is 0 Å². The maximum atomic E-state index is 11.7. The second kappa shape index (κ2) is 5.07. The normalized spacial score (nSPS) is 24.4. The van der Waals surface area contributed by atoms with Crippen molar-refractivity contribution in [3.63, 3.8) is 0 Å². The van der Waals surface area contributed by atoms with E-state index in [1.165, 1.54) is 7.11 Å². The van der Waals surface area contributed by atoms with Crippen LogP contribution >= 0.6 is 0 Å². The van der Waals surface area contributed by atoms with Crippen molar-refractivity contribution < 1.29 is 19.2 Å². The first-order valence-electron chi connectivity index (χ1n) is 5.94. The van der Waals surface area contributed by atoms with Gasteiger partial charge in [-0.2, -0.15) is 0 Å². The summed E-state index contributed by atoms with van der Waals surface area (Å²) < 4.78 is 9.86. The maximum Gasteiger partial charge on any atom is 0.323 e. The highest BCUT2D eigenvalue weighted by molar-refractivity contribution is 5.76. The summed E-state index contributed by atoms with van der Waals surface area (Å²) in [6, 6.07) is -0.390. The van der Waals surface area contributed by atoms with Crippen LogP contribution in [0.4, 0.5) is 0 Å². The third-order valence-electron chi connectivity index (χ3n) is 3.40. The van der Waals surface area contributed by atoms with Crippen molar-refractivity contribution in [2.45, 2.75) is 39.0 Å². The van der Waals surface area contributed by atoms with Gasteiger partial charge in [-0.05, 0) is 13.8 Å². The number of esters is 1. The number of hydrogen-bond donors (Lipinski definition) is 1. The van der Waals surface area contributed by atoms with E-state index in [0.29, 0.717) is 19.5 Å². The van der Waals surface area contributed by atoms with Crippen LogP contribution < -0.4 is 0 Å². The van der Waals surface area contributed by atoms with E-state index < -0.39 is 12.1 Å². The Morgan fingerprint density at radius 1 is 1.61 bits per heavy atom. The Bertz CT molecular complexity index is 424. The van der Waals surface area contributed by atoms with E-state index in [1.807, 2.05) is 18.7 Å². The number of hydrogen-bond acceptors (Lipinski definition) is 6. The van der Waals surface area contributed by atoms with Gasteiger partial charge < -0.3 is 14.4 Å². The van der Waals surface area contributed by atoms with Gasteiger partial charge in [0.15, 0.2) is 0 Å². The standard InChI is InChI=1S/C12H18N2O4/c1-7-10(8(2)18-13-7)6-14-5-9(15)4-11(14)12(16)17-3/h9,11,15H,4-6H2,1-3H3. The highest BCUT2D eigenvalue weighted by atomic mass is 16.5. The maximum absolute atomic E-state index is 11.7. The minimum Gasteiger partial charge on any atom is -0.468 e. The van der Waals surface area contributed by atoms with Crippen LogP contribution in [0.25, 0.3) is 0 Å². The Kier molecular flexibility index (Phi) is 3.68. The summed E-state index contributed by atoms with van der Waals surface area (Å²) in [7, 11) is 1.36. The first kappa shape index (κ1) is 13.0. The summed E-state index contributed by atoms with van der Waals surface area (Å²) in [6.07, 6.45) is -0.0784.